The normalized spacial score (nSPS) is 10.9. The molecule has 1 heterocycles. The average Bonchev–Trinajstić information content (AvgIpc) is 2.69. The van der Waals surface area contributed by atoms with Crippen LogP contribution >= 0.6 is 0 Å². The van der Waals surface area contributed by atoms with Gasteiger partial charge in [0.15, 0.2) is 0 Å². The number of fused-ring (bicyclic) bond motifs is 1. The fourth-order valence-corrected chi connectivity index (χ4v) is 3.31. The third kappa shape index (κ3) is 3.86. The Labute approximate surface area is 163 Å². The second-order valence-electron chi connectivity index (χ2n) is 6.80. The fourth-order valence-electron chi connectivity index (χ4n) is 3.31. The van der Waals surface area contributed by atoms with Gasteiger partial charge in [-0.05, 0) is 30.7 Å². The molecule has 0 aliphatic heterocycles. The number of nitrogens with one attached hydrogen (secondary N) is 1. The summed E-state index contributed by atoms with van der Waals surface area (Å²) in [5, 5.41) is 13.8. The van der Waals surface area contributed by atoms with Crippen molar-refractivity contribution in [1.29, 1.82) is 0 Å². The van der Waals surface area contributed by atoms with Crippen LogP contribution in [0.5, 0.6) is 5.75 Å². The van der Waals surface area contributed by atoms with Gasteiger partial charge in [0.1, 0.15) is 11.3 Å². The van der Waals surface area contributed by atoms with E-state index in [1.807, 2.05) is 6.07 Å². The monoisotopic (exact) mass is 379 g/mol. The number of rotatable bonds is 7. The van der Waals surface area contributed by atoms with Crippen molar-refractivity contribution >= 4 is 28.2 Å². The summed E-state index contributed by atoms with van der Waals surface area (Å²) in [4.78, 5) is 25.9. The molecule has 1 aromatic heterocycles. The lowest BCUT2D eigenvalue weighted by Crippen LogP contribution is -2.30. The summed E-state index contributed by atoms with van der Waals surface area (Å²) in [6.45, 7) is 2.62. The van der Waals surface area contributed by atoms with Gasteiger partial charge in [0.05, 0.1) is 16.9 Å². The summed E-state index contributed by atoms with van der Waals surface area (Å²) in [6, 6.07) is 13.9. The molecule has 0 fully saturated rings. The Bertz CT molecular complexity index is 1060. The lowest BCUT2D eigenvalue weighted by Gasteiger charge is -2.15. The Morgan fingerprint density at radius 1 is 1.07 bits per heavy atom. The molecule has 0 atom stereocenters. The number of unbranched alkanes of at least 4 members (excludes halogenated alkanes) is 3. The van der Waals surface area contributed by atoms with Gasteiger partial charge in [0, 0.05) is 11.9 Å². The predicted molar refractivity (Wildman–Crippen MR) is 113 cm³/mol. The van der Waals surface area contributed by atoms with E-state index in [0.717, 1.165) is 25.7 Å². The maximum absolute atomic E-state index is 13.1. The number of aromatic hydroxyl groups is 1. The van der Waals surface area contributed by atoms with E-state index in [2.05, 4.69) is 12.2 Å². The first-order valence-electron chi connectivity index (χ1n) is 9.55. The summed E-state index contributed by atoms with van der Waals surface area (Å²) in [5.74, 6) is -0.981. The van der Waals surface area contributed by atoms with E-state index < -0.39 is 11.5 Å². The number of benzene rings is 2. The SMILES string of the molecule is CCCCCCn1c(=O)c(C(=O)Nc2ccccc2N)c(O)c2ccccc21. The molecule has 0 aliphatic carbocycles. The van der Waals surface area contributed by atoms with E-state index in [9.17, 15) is 14.7 Å². The standard InChI is InChI=1S/C22H25N3O3/c1-2-3-4-9-14-25-18-13-8-5-10-15(18)20(26)19(22(25)28)21(27)24-17-12-7-6-11-16(17)23/h5-8,10-13,26H,2-4,9,14,23H2,1H3,(H,24,27). The van der Waals surface area contributed by atoms with Gasteiger partial charge in [-0.15, -0.1) is 0 Å². The first-order valence-corrected chi connectivity index (χ1v) is 9.55. The van der Waals surface area contributed by atoms with Crippen LogP contribution in [0.1, 0.15) is 43.0 Å². The maximum Gasteiger partial charge on any atom is 0.267 e. The maximum atomic E-state index is 13.1. The minimum absolute atomic E-state index is 0.266. The number of carbonyl (C=O) groups excluding carboxylic acids is 1. The molecule has 0 spiro atoms. The molecule has 3 aromatic rings. The predicted octanol–water partition coefficient (Wildman–Crippen LogP) is 4.12. The van der Waals surface area contributed by atoms with Crippen molar-refractivity contribution < 1.29 is 9.90 Å². The van der Waals surface area contributed by atoms with Crippen LogP contribution < -0.4 is 16.6 Å². The molecule has 0 aliphatic rings. The van der Waals surface area contributed by atoms with Crippen LogP contribution in [0, 0.1) is 0 Å². The number of aromatic nitrogens is 1. The second-order valence-corrected chi connectivity index (χ2v) is 6.80. The molecule has 0 unspecified atom stereocenters. The second kappa shape index (κ2) is 8.61. The van der Waals surface area contributed by atoms with E-state index >= 15 is 0 Å². The highest BCUT2D eigenvalue weighted by Gasteiger charge is 2.22. The van der Waals surface area contributed by atoms with Crippen LogP contribution in [0.3, 0.4) is 0 Å². The molecule has 146 valence electrons. The molecule has 1 amide bonds. The number of nitrogens with two attached hydrogens (primary N) is 1. The Hall–Kier alpha value is -3.28. The highest BCUT2D eigenvalue weighted by Crippen LogP contribution is 2.27. The summed E-state index contributed by atoms with van der Waals surface area (Å²) in [5.41, 5.74) is 6.52. The van der Waals surface area contributed by atoms with Crippen molar-refractivity contribution in [2.45, 2.75) is 39.2 Å². The molecule has 4 N–H and O–H groups in total. The zero-order valence-corrected chi connectivity index (χ0v) is 15.9. The number of carbonyl (C=O) groups is 1. The highest BCUT2D eigenvalue weighted by atomic mass is 16.3. The molecule has 0 bridgehead atoms. The van der Waals surface area contributed by atoms with Crippen LogP contribution in [0.25, 0.3) is 10.9 Å². The van der Waals surface area contributed by atoms with Gasteiger partial charge in [-0.1, -0.05) is 50.5 Å². The van der Waals surface area contributed by atoms with Crippen molar-refractivity contribution in [1.82, 2.24) is 4.57 Å². The van der Waals surface area contributed by atoms with Crippen molar-refractivity contribution in [3.8, 4) is 5.75 Å². The molecule has 0 saturated heterocycles. The first kappa shape index (κ1) is 19.5. The first-order chi connectivity index (χ1) is 13.5. The molecule has 2 aromatic carbocycles. The molecular formula is C22H25N3O3. The van der Waals surface area contributed by atoms with Crippen LogP contribution in [0.2, 0.25) is 0 Å². The average molecular weight is 379 g/mol. The van der Waals surface area contributed by atoms with Gasteiger partial charge in [-0.2, -0.15) is 0 Å². The molecular weight excluding hydrogens is 354 g/mol. The van der Waals surface area contributed by atoms with Gasteiger partial charge >= 0.3 is 0 Å². The number of nitrogens with zero attached hydrogens (tertiary/aromatic N) is 1. The molecule has 0 saturated carbocycles. The third-order valence-corrected chi connectivity index (χ3v) is 4.82. The number of anilines is 2. The van der Waals surface area contributed by atoms with Gasteiger partial charge in [-0.25, -0.2) is 0 Å². The fraction of sp³-hybridized carbons (Fsp3) is 0.273. The van der Waals surface area contributed by atoms with Gasteiger partial charge in [0.2, 0.25) is 0 Å². The van der Waals surface area contributed by atoms with Crippen molar-refractivity contribution in [3.63, 3.8) is 0 Å². The largest absolute Gasteiger partial charge is 0.506 e. The van der Waals surface area contributed by atoms with Crippen molar-refractivity contribution in [2.24, 2.45) is 0 Å². The number of hydrogen-bond donors (Lipinski definition) is 3. The van der Waals surface area contributed by atoms with Gasteiger partial charge < -0.3 is 20.7 Å². The lowest BCUT2D eigenvalue weighted by atomic mass is 10.1. The Morgan fingerprint density at radius 2 is 1.79 bits per heavy atom. The Morgan fingerprint density at radius 3 is 2.54 bits per heavy atom. The Balaban J connectivity index is 2.05. The van der Waals surface area contributed by atoms with Crippen molar-refractivity contribution in [3.05, 3.63) is 64.4 Å². The van der Waals surface area contributed by atoms with E-state index in [1.54, 1.807) is 47.0 Å². The van der Waals surface area contributed by atoms with Crippen LogP contribution in [0.15, 0.2) is 53.3 Å². The van der Waals surface area contributed by atoms with E-state index in [4.69, 9.17) is 5.73 Å². The topological polar surface area (TPSA) is 97.4 Å². The highest BCUT2D eigenvalue weighted by molar-refractivity contribution is 6.10. The third-order valence-electron chi connectivity index (χ3n) is 4.82. The van der Waals surface area contributed by atoms with Gasteiger partial charge in [-0.3, -0.25) is 9.59 Å². The van der Waals surface area contributed by atoms with Crippen molar-refractivity contribution in [2.75, 3.05) is 11.1 Å². The minimum atomic E-state index is -0.673. The molecule has 6 nitrogen and oxygen atoms in total. The minimum Gasteiger partial charge on any atom is -0.506 e. The summed E-state index contributed by atoms with van der Waals surface area (Å²) in [7, 11) is 0. The molecule has 0 radical (unpaired) electrons. The molecule has 3 rings (SSSR count). The zero-order chi connectivity index (χ0) is 20.1. The number of para-hydroxylation sites is 3. The van der Waals surface area contributed by atoms with Crippen LogP contribution in [0.4, 0.5) is 11.4 Å². The smallest absolute Gasteiger partial charge is 0.267 e. The number of amides is 1. The summed E-state index contributed by atoms with van der Waals surface area (Å²) < 4.78 is 1.58. The number of aryl methyl sites for hydroxylation is 1. The quantitative estimate of drug-likeness (QED) is 0.425. The van der Waals surface area contributed by atoms with E-state index in [0.29, 0.717) is 28.8 Å². The number of hydrogen-bond acceptors (Lipinski definition) is 4. The number of nitrogen functional groups attached to an aromatic ring is 1. The van der Waals surface area contributed by atoms with Crippen LogP contribution in [-0.2, 0) is 6.54 Å². The molecule has 6 heteroatoms. The number of pyridine rings is 1. The van der Waals surface area contributed by atoms with E-state index in [-0.39, 0.29) is 11.3 Å². The zero-order valence-electron chi connectivity index (χ0n) is 15.9. The molecule has 28 heavy (non-hydrogen) atoms. The lowest BCUT2D eigenvalue weighted by molar-refractivity contribution is 0.102. The summed E-state index contributed by atoms with van der Waals surface area (Å²) >= 11 is 0. The summed E-state index contributed by atoms with van der Waals surface area (Å²) in [6.07, 6.45) is 4.01. The van der Waals surface area contributed by atoms with Crippen LogP contribution in [-0.4, -0.2) is 15.6 Å². The Kier molecular flexibility index (Phi) is 5.99. The van der Waals surface area contributed by atoms with Gasteiger partial charge in [0.25, 0.3) is 11.5 Å². The van der Waals surface area contributed by atoms with E-state index in [1.165, 1.54) is 0 Å².